The first-order chi connectivity index (χ1) is 35.2. The highest BCUT2D eigenvalue weighted by Gasteiger charge is 2.63. The Morgan fingerprint density at radius 2 is 1.41 bits per heavy atom. The molecule has 0 radical (unpaired) electrons. The third-order valence-electron chi connectivity index (χ3n) is 13.4. The van der Waals surface area contributed by atoms with E-state index in [4.69, 9.17) is 53.4 Å². The van der Waals surface area contributed by atoms with Crippen molar-refractivity contribution in [2.45, 2.75) is 11.5 Å². The number of hydrogen-bond acceptors (Lipinski definition) is 14. The van der Waals surface area contributed by atoms with Crippen LogP contribution in [0.2, 0.25) is 0 Å². The number of aromatic nitrogens is 9. The van der Waals surface area contributed by atoms with Crippen LogP contribution in [-0.2, 0) is 5.54 Å². The van der Waals surface area contributed by atoms with Crippen LogP contribution in [0.3, 0.4) is 0 Å². The first kappa shape index (κ1) is 39.8. The Labute approximate surface area is 409 Å². The van der Waals surface area contributed by atoms with Crippen LogP contribution in [0.1, 0.15) is 27.2 Å². The number of thiophene rings is 1. The summed E-state index contributed by atoms with van der Waals surface area (Å²) in [6.07, 6.45) is 12.1. The lowest BCUT2D eigenvalue weighted by molar-refractivity contribution is 0.408. The molecule has 0 aliphatic carbocycles. The van der Waals surface area contributed by atoms with Crippen LogP contribution in [0.25, 0.3) is 98.6 Å². The van der Waals surface area contributed by atoms with Crippen LogP contribution in [0.15, 0.2) is 196 Å². The number of nitrogens with zero attached hydrogens (tertiary/aromatic N) is 9. The molecule has 15 heteroatoms. The van der Waals surface area contributed by atoms with Gasteiger partial charge in [-0.1, -0.05) is 65.8 Å². The summed E-state index contributed by atoms with van der Waals surface area (Å²) < 4.78 is 21.8. The maximum Gasteiger partial charge on any atom is 0.228 e. The minimum atomic E-state index is -1.32. The molecule has 0 amide bonds. The van der Waals surface area contributed by atoms with Crippen LogP contribution in [0, 0.1) is 0 Å². The van der Waals surface area contributed by atoms with Gasteiger partial charge >= 0.3 is 0 Å². The van der Waals surface area contributed by atoms with E-state index in [1.54, 1.807) is 53.8 Å². The topological polar surface area (TPSA) is 162 Å². The number of pyridine rings is 2. The Hall–Kier alpha value is -9.18. The number of furan rings is 1. The van der Waals surface area contributed by atoms with Gasteiger partial charge in [0.15, 0.2) is 17.0 Å². The van der Waals surface area contributed by atoms with Crippen molar-refractivity contribution in [3.63, 3.8) is 0 Å². The number of nitrogens with one attached hydrogen (secondary N) is 1. The van der Waals surface area contributed by atoms with Crippen LogP contribution >= 0.6 is 22.7 Å². The van der Waals surface area contributed by atoms with Gasteiger partial charge in [0, 0.05) is 67.3 Å². The van der Waals surface area contributed by atoms with Crippen molar-refractivity contribution in [3.8, 4) is 45.3 Å². The number of benzene rings is 5. The quantitative estimate of drug-likeness (QED) is 0.154. The van der Waals surface area contributed by atoms with Gasteiger partial charge in [-0.05, 0) is 78.2 Å². The molecule has 14 aromatic rings. The SMILES string of the molecule is c1cnc2nc(-c3c(-c4cnc5ccccc5n4)c(-c4ncco4)c4c(c3-c3cc5ccccc5o3)C(c3cc5ccccc5s3)C(c3ncc[nH]3)(c3nc5ccccc5s3)N4c3ccon3)ccc2c1. The Morgan fingerprint density at radius 1 is 0.592 bits per heavy atom. The highest BCUT2D eigenvalue weighted by molar-refractivity contribution is 7.19. The second-order valence-electron chi connectivity index (χ2n) is 17.2. The second kappa shape index (κ2) is 15.4. The molecular weight excluding hydrogens is 925 g/mol. The van der Waals surface area contributed by atoms with E-state index in [9.17, 15) is 0 Å². The van der Waals surface area contributed by atoms with Crippen LogP contribution in [-0.4, -0.2) is 45.0 Å². The van der Waals surface area contributed by atoms with Gasteiger partial charge in [-0.2, -0.15) is 0 Å². The molecule has 0 spiro atoms. The predicted molar refractivity (Wildman–Crippen MR) is 276 cm³/mol. The summed E-state index contributed by atoms with van der Waals surface area (Å²) >= 11 is 3.33. The molecule has 5 aromatic carbocycles. The fourth-order valence-corrected chi connectivity index (χ4v) is 13.0. The number of hydrogen-bond donors (Lipinski definition) is 1. The summed E-state index contributed by atoms with van der Waals surface area (Å²) in [5.74, 6) is 1.41. The number of para-hydroxylation sites is 4. The van der Waals surface area contributed by atoms with Crippen LogP contribution in [0.5, 0.6) is 0 Å². The number of H-pyrrole nitrogens is 1. The Morgan fingerprint density at radius 3 is 2.23 bits per heavy atom. The molecule has 2 atom stereocenters. The minimum Gasteiger partial charge on any atom is -0.456 e. The van der Waals surface area contributed by atoms with E-state index in [2.05, 4.69) is 64.5 Å². The summed E-state index contributed by atoms with van der Waals surface area (Å²) in [5, 5.41) is 8.49. The van der Waals surface area contributed by atoms with Crippen molar-refractivity contribution < 1.29 is 13.4 Å². The van der Waals surface area contributed by atoms with Crippen LogP contribution < -0.4 is 4.90 Å². The fraction of sp³-hybridized carbons (Fsp3) is 0.0357. The minimum absolute atomic E-state index is 0.325. The molecule has 1 N–H and O–H groups in total. The van der Waals surface area contributed by atoms with Crippen molar-refractivity contribution >= 4 is 87.5 Å². The third-order valence-corrected chi connectivity index (χ3v) is 15.7. The molecule has 1 aliphatic heterocycles. The summed E-state index contributed by atoms with van der Waals surface area (Å²) in [7, 11) is 0. The maximum absolute atomic E-state index is 7.20. The zero-order chi connectivity index (χ0) is 46.6. The molecule has 336 valence electrons. The molecule has 0 bridgehead atoms. The summed E-state index contributed by atoms with van der Waals surface area (Å²) in [6, 6.07) is 46.9. The van der Waals surface area contributed by atoms with Gasteiger partial charge in [-0.25, -0.2) is 29.9 Å². The van der Waals surface area contributed by atoms with Crippen molar-refractivity contribution in [1.82, 2.24) is 45.0 Å². The molecule has 71 heavy (non-hydrogen) atoms. The van der Waals surface area contributed by atoms with E-state index in [1.165, 1.54) is 0 Å². The predicted octanol–water partition coefficient (Wildman–Crippen LogP) is 13.7. The van der Waals surface area contributed by atoms with E-state index in [0.29, 0.717) is 73.8 Å². The average molecular weight is 957 g/mol. The van der Waals surface area contributed by atoms with E-state index in [-0.39, 0.29) is 0 Å². The van der Waals surface area contributed by atoms with Gasteiger partial charge in [-0.3, -0.25) is 4.98 Å². The summed E-state index contributed by atoms with van der Waals surface area (Å²) in [6.45, 7) is 0. The first-order valence-electron chi connectivity index (χ1n) is 22.8. The molecule has 13 nitrogen and oxygen atoms in total. The fourth-order valence-electron chi connectivity index (χ4n) is 10.6. The van der Waals surface area contributed by atoms with Crippen molar-refractivity contribution in [2.75, 3.05) is 4.90 Å². The highest BCUT2D eigenvalue weighted by atomic mass is 32.1. The number of imidazole rings is 1. The Kier molecular flexibility index (Phi) is 8.64. The monoisotopic (exact) mass is 956 g/mol. The Balaban J connectivity index is 1.23. The number of fused-ring (bicyclic) bond motifs is 6. The molecule has 10 heterocycles. The first-order valence-corrected chi connectivity index (χ1v) is 24.4. The number of anilines is 2. The lowest BCUT2D eigenvalue weighted by atomic mass is 9.76. The zero-order valence-corrected chi connectivity index (χ0v) is 38.6. The van der Waals surface area contributed by atoms with Crippen LogP contribution in [0.4, 0.5) is 11.5 Å². The summed E-state index contributed by atoms with van der Waals surface area (Å²) in [4.78, 5) is 43.5. The van der Waals surface area contributed by atoms with E-state index >= 15 is 0 Å². The largest absolute Gasteiger partial charge is 0.456 e. The van der Waals surface area contributed by atoms with Gasteiger partial charge in [0.2, 0.25) is 5.89 Å². The van der Waals surface area contributed by atoms with Crippen molar-refractivity contribution in [2.24, 2.45) is 0 Å². The standard InChI is InChI=1S/C56H32N10O3S2/c1-6-16-39-32(10-1)28-40(69-39)47-45(37-20-19-31-12-9-22-57-52(31)63-37)46(38-30-61-34-13-3-4-14-35(34)62-38)49(53-58-25-27-67-53)51-48(47)50(43-29-33-11-2-7-17-41(33)70-43)56(54-59-23-24-60-54,66(51)44-21-26-68-65-44)55-64-36-15-5-8-18-42(36)71-55/h1-30,50H,(H,59,60). The molecule has 0 saturated heterocycles. The van der Waals surface area contributed by atoms with Crippen molar-refractivity contribution in [3.05, 3.63) is 204 Å². The second-order valence-corrected chi connectivity index (χ2v) is 19.4. The van der Waals surface area contributed by atoms with Gasteiger partial charge in [0.05, 0.1) is 62.2 Å². The smallest absolute Gasteiger partial charge is 0.228 e. The highest BCUT2D eigenvalue weighted by Crippen LogP contribution is 2.69. The van der Waals surface area contributed by atoms with Gasteiger partial charge in [0.25, 0.3) is 0 Å². The molecule has 0 saturated carbocycles. The summed E-state index contributed by atoms with van der Waals surface area (Å²) in [5.41, 5.74) is 7.68. The van der Waals surface area contributed by atoms with Gasteiger partial charge < -0.3 is 23.2 Å². The van der Waals surface area contributed by atoms with Gasteiger partial charge in [-0.15, -0.1) is 22.7 Å². The zero-order valence-electron chi connectivity index (χ0n) is 37.0. The number of thiazole rings is 1. The molecular formula is C56H32N10O3S2. The van der Waals surface area contributed by atoms with Crippen molar-refractivity contribution in [1.29, 1.82) is 0 Å². The molecule has 9 aromatic heterocycles. The average Bonchev–Trinajstić information content (AvgIpc) is 4.30. The maximum atomic E-state index is 7.20. The third kappa shape index (κ3) is 5.90. The number of rotatable bonds is 8. The van der Waals surface area contributed by atoms with E-state index in [0.717, 1.165) is 57.6 Å². The lowest BCUT2D eigenvalue weighted by Gasteiger charge is -2.39. The van der Waals surface area contributed by atoms with E-state index < -0.39 is 11.5 Å². The van der Waals surface area contributed by atoms with Gasteiger partial charge in [0.1, 0.15) is 34.7 Å². The van der Waals surface area contributed by atoms with E-state index in [1.807, 2.05) is 97.3 Å². The number of oxazole rings is 1. The molecule has 1 aliphatic rings. The Bertz CT molecular complexity index is 4250. The molecule has 15 rings (SSSR count). The number of aromatic amines is 1. The lowest BCUT2D eigenvalue weighted by Crippen LogP contribution is -2.46. The molecule has 2 unspecified atom stereocenters. The molecule has 0 fully saturated rings. The normalized spacial score (nSPS) is 15.8.